The lowest BCUT2D eigenvalue weighted by Crippen LogP contribution is -2.21. The van der Waals surface area contributed by atoms with Crippen molar-refractivity contribution in [3.63, 3.8) is 0 Å². The van der Waals surface area contributed by atoms with E-state index >= 15 is 0 Å². The van der Waals surface area contributed by atoms with Crippen molar-refractivity contribution >= 4 is 43.5 Å². The van der Waals surface area contributed by atoms with E-state index in [2.05, 4.69) is 21.2 Å². The van der Waals surface area contributed by atoms with Crippen LogP contribution in [0.1, 0.15) is 15.9 Å². The first-order valence-corrected chi connectivity index (χ1v) is 9.37. The number of rotatable bonds is 5. The van der Waals surface area contributed by atoms with Gasteiger partial charge in [0.25, 0.3) is 5.91 Å². The Morgan fingerprint density at radius 3 is 2.36 bits per heavy atom. The number of carbonyl (C=O) groups excluding carboxylic acids is 2. The zero-order chi connectivity index (χ0) is 18.6. The topological polar surface area (TPSA) is 116 Å². The number of carbonyl (C=O) groups is 2. The van der Waals surface area contributed by atoms with Crippen molar-refractivity contribution in [1.82, 2.24) is 0 Å². The molecule has 3 N–H and O–H groups in total. The van der Waals surface area contributed by atoms with Crippen LogP contribution in [0.2, 0.25) is 0 Å². The molecule has 2 aromatic rings. The van der Waals surface area contributed by atoms with Crippen molar-refractivity contribution < 1.29 is 22.7 Å². The van der Waals surface area contributed by atoms with Gasteiger partial charge in [-0.05, 0) is 64.8 Å². The van der Waals surface area contributed by atoms with Gasteiger partial charge < -0.3 is 10.1 Å². The second-order valence-corrected chi connectivity index (χ2v) is 7.59. The van der Waals surface area contributed by atoms with E-state index in [4.69, 9.17) is 9.88 Å². The van der Waals surface area contributed by atoms with Gasteiger partial charge in [-0.1, -0.05) is 6.07 Å². The molecule has 9 heteroatoms. The molecule has 0 fully saturated rings. The number of ether oxygens (including phenoxy) is 1. The van der Waals surface area contributed by atoms with Gasteiger partial charge in [0.1, 0.15) is 0 Å². The van der Waals surface area contributed by atoms with Crippen LogP contribution in [0.3, 0.4) is 0 Å². The zero-order valence-corrected chi connectivity index (χ0v) is 15.6. The molecule has 132 valence electrons. The average Bonchev–Trinajstić information content (AvgIpc) is 2.54. The molecule has 0 aliphatic rings. The Morgan fingerprint density at radius 1 is 1.16 bits per heavy atom. The number of amides is 1. The maximum atomic E-state index is 11.9. The number of anilines is 1. The lowest BCUT2D eigenvalue weighted by Gasteiger charge is -2.09. The molecule has 25 heavy (non-hydrogen) atoms. The SMILES string of the molecule is Cc1ccc(NC(=O)COC(=O)c2ccc(S(N)(=O)=O)cc2)c(Br)c1. The summed E-state index contributed by atoms with van der Waals surface area (Å²) in [5.41, 5.74) is 1.69. The third-order valence-corrected chi connectivity index (χ3v) is 4.74. The summed E-state index contributed by atoms with van der Waals surface area (Å²) in [7, 11) is -3.83. The Labute approximate surface area is 153 Å². The van der Waals surface area contributed by atoms with Gasteiger partial charge in [-0.25, -0.2) is 18.4 Å². The van der Waals surface area contributed by atoms with Crippen LogP contribution in [0.25, 0.3) is 0 Å². The van der Waals surface area contributed by atoms with Gasteiger partial charge in [0.2, 0.25) is 10.0 Å². The predicted octanol–water partition coefficient (Wildman–Crippen LogP) is 2.20. The van der Waals surface area contributed by atoms with Crippen molar-refractivity contribution in [2.75, 3.05) is 11.9 Å². The van der Waals surface area contributed by atoms with Crippen LogP contribution in [0, 0.1) is 6.92 Å². The number of benzene rings is 2. The van der Waals surface area contributed by atoms with Crippen LogP contribution in [0.5, 0.6) is 0 Å². The minimum absolute atomic E-state index is 0.108. The van der Waals surface area contributed by atoms with Gasteiger partial charge in [-0.3, -0.25) is 4.79 Å². The molecule has 2 rings (SSSR count). The van der Waals surface area contributed by atoms with Crippen LogP contribution in [-0.4, -0.2) is 26.9 Å². The standard InChI is InChI=1S/C16H15BrN2O5S/c1-10-2-7-14(13(17)8-10)19-15(20)9-24-16(21)11-3-5-12(6-4-11)25(18,22)23/h2-8H,9H2,1H3,(H,19,20)(H2,18,22,23). The van der Waals surface area contributed by atoms with Crippen molar-refractivity contribution in [2.45, 2.75) is 11.8 Å². The average molecular weight is 427 g/mol. The van der Waals surface area contributed by atoms with Gasteiger partial charge in [-0.2, -0.15) is 0 Å². The molecule has 7 nitrogen and oxygen atoms in total. The van der Waals surface area contributed by atoms with E-state index in [0.29, 0.717) is 10.2 Å². The van der Waals surface area contributed by atoms with E-state index in [1.54, 1.807) is 6.07 Å². The van der Waals surface area contributed by atoms with Crippen LogP contribution < -0.4 is 10.5 Å². The van der Waals surface area contributed by atoms with E-state index in [1.165, 1.54) is 24.3 Å². The van der Waals surface area contributed by atoms with Crippen molar-refractivity contribution in [1.29, 1.82) is 0 Å². The Balaban J connectivity index is 1.94. The molecule has 1 amide bonds. The number of nitrogens with two attached hydrogens (primary N) is 1. The number of aryl methyl sites for hydroxylation is 1. The first-order valence-electron chi connectivity index (χ1n) is 7.03. The Kier molecular flexibility index (Phi) is 5.93. The largest absolute Gasteiger partial charge is 0.452 e. The monoisotopic (exact) mass is 426 g/mol. The number of esters is 1. The summed E-state index contributed by atoms with van der Waals surface area (Å²) in [6.07, 6.45) is 0. The lowest BCUT2D eigenvalue weighted by molar-refractivity contribution is -0.119. The Hall–Kier alpha value is -2.23. The maximum absolute atomic E-state index is 11.9. The predicted molar refractivity (Wildman–Crippen MR) is 95.6 cm³/mol. The van der Waals surface area contributed by atoms with Crippen LogP contribution >= 0.6 is 15.9 Å². The maximum Gasteiger partial charge on any atom is 0.338 e. The normalized spacial score (nSPS) is 11.0. The molecular weight excluding hydrogens is 412 g/mol. The second-order valence-electron chi connectivity index (χ2n) is 5.18. The first kappa shape index (κ1) is 19.1. The lowest BCUT2D eigenvalue weighted by atomic mass is 10.2. The summed E-state index contributed by atoms with van der Waals surface area (Å²) in [6, 6.07) is 10.3. The minimum atomic E-state index is -3.83. The molecule has 0 bridgehead atoms. The number of sulfonamides is 1. The molecule has 0 aliphatic carbocycles. The fraction of sp³-hybridized carbons (Fsp3) is 0.125. The third kappa shape index (κ3) is 5.38. The molecule has 2 aromatic carbocycles. The highest BCUT2D eigenvalue weighted by Crippen LogP contribution is 2.23. The van der Waals surface area contributed by atoms with E-state index in [-0.39, 0.29) is 10.5 Å². The quantitative estimate of drug-likeness (QED) is 0.710. The summed E-state index contributed by atoms with van der Waals surface area (Å²) < 4.78 is 27.9. The number of hydrogen-bond donors (Lipinski definition) is 2. The van der Waals surface area contributed by atoms with Crippen LogP contribution in [0.4, 0.5) is 5.69 Å². The summed E-state index contributed by atoms with van der Waals surface area (Å²) in [5.74, 6) is -1.25. The van der Waals surface area contributed by atoms with Crippen molar-refractivity contribution in [3.05, 3.63) is 58.1 Å². The van der Waals surface area contributed by atoms with Crippen molar-refractivity contribution in [2.24, 2.45) is 5.14 Å². The smallest absolute Gasteiger partial charge is 0.338 e. The van der Waals surface area contributed by atoms with Gasteiger partial charge in [0, 0.05) is 4.47 Å². The van der Waals surface area contributed by atoms with Gasteiger partial charge in [-0.15, -0.1) is 0 Å². The highest BCUT2D eigenvalue weighted by Gasteiger charge is 2.13. The minimum Gasteiger partial charge on any atom is -0.452 e. The summed E-state index contributed by atoms with van der Waals surface area (Å²) in [6.45, 7) is 1.44. The highest BCUT2D eigenvalue weighted by molar-refractivity contribution is 9.10. The van der Waals surface area contributed by atoms with E-state index in [0.717, 1.165) is 5.56 Å². The van der Waals surface area contributed by atoms with Gasteiger partial charge in [0.15, 0.2) is 6.61 Å². The molecule has 0 atom stereocenters. The van der Waals surface area contributed by atoms with Gasteiger partial charge >= 0.3 is 5.97 Å². The fourth-order valence-electron chi connectivity index (χ4n) is 1.90. The van der Waals surface area contributed by atoms with E-state index < -0.39 is 28.5 Å². The van der Waals surface area contributed by atoms with Crippen molar-refractivity contribution in [3.8, 4) is 0 Å². The third-order valence-electron chi connectivity index (χ3n) is 3.15. The Bertz CT molecular complexity index is 911. The molecule has 0 aromatic heterocycles. The highest BCUT2D eigenvalue weighted by atomic mass is 79.9. The molecule has 0 aliphatic heterocycles. The van der Waals surface area contributed by atoms with Crippen LogP contribution in [-0.2, 0) is 19.6 Å². The molecule has 0 radical (unpaired) electrons. The zero-order valence-electron chi connectivity index (χ0n) is 13.2. The number of hydrogen-bond acceptors (Lipinski definition) is 5. The molecule has 0 saturated carbocycles. The Morgan fingerprint density at radius 2 is 1.80 bits per heavy atom. The number of primary sulfonamides is 1. The number of halogens is 1. The molecule has 0 unspecified atom stereocenters. The molecule has 0 saturated heterocycles. The molecular formula is C16H15BrN2O5S. The second kappa shape index (κ2) is 7.77. The fourth-order valence-corrected chi connectivity index (χ4v) is 3.01. The van der Waals surface area contributed by atoms with Crippen LogP contribution in [0.15, 0.2) is 51.8 Å². The van der Waals surface area contributed by atoms with Gasteiger partial charge in [0.05, 0.1) is 16.1 Å². The van der Waals surface area contributed by atoms with E-state index in [9.17, 15) is 18.0 Å². The molecule has 0 heterocycles. The number of nitrogens with one attached hydrogen (secondary N) is 1. The van der Waals surface area contributed by atoms with E-state index in [1.807, 2.05) is 19.1 Å². The summed E-state index contributed by atoms with van der Waals surface area (Å²) >= 11 is 3.33. The molecule has 0 spiro atoms. The summed E-state index contributed by atoms with van der Waals surface area (Å²) in [5, 5.41) is 7.59. The first-order chi connectivity index (χ1) is 11.7. The summed E-state index contributed by atoms with van der Waals surface area (Å²) in [4.78, 5) is 23.6.